The van der Waals surface area contributed by atoms with Gasteiger partial charge in [0, 0.05) is 30.6 Å². The standard InChI is InChI=1S/C16H23ClN2O2/c1-11(10-18)16(21)19-8-6-13(7-9-19)15(20)12-2-4-14(17)5-3-12/h2-5,11,13,15,20H,6-10,18H2,1H3. The van der Waals surface area contributed by atoms with Crippen molar-refractivity contribution in [2.45, 2.75) is 25.9 Å². The maximum Gasteiger partial charge on any atom is 0.226 e. The van der Waals surface area contributed by atoms with Gasteiger partial charge in [0.25, 0.3) is 0 Å². The zero-order chi connectivity index (χ0) is 15.4. The van der Waals surface area contributed by atoms with Crippen molar-refractivity contribution >= 4 is 17.5 Å². The number of aliphatic hydroxyl groups is 1. The van der Waals surface area contributed by atoms with Crippen LogP contribution in [-0.4, -0.2) is 35.5 Å². The maximum atomic E-state index is 12.1. The monoisotopic (exact) mass is 310 g/mol. The zero-order valence-corrected chi connectivity index (χ0v) is 13.1. The smallest absolute Gasteiger partial charge is 0.226 e. The van der Waals surface area contributed by atoms with Gasteiger partial charge < -0.3 is 15.7 Å². The highest BCUT2D eigenvalue weighted by atomic mass is 35.5. The molecule has 0 saturated carbocycles. The first kappa shape index (κ1) is 16.3. The predicted molar refractivity (Wildman–Crippen MR) is 83.9 cm³/mol. The quantitative estimate of drug-likeness (QED) is 0.896. The second-order valence-electron chi connectivity index (χ2n) is 5.80. The van der Waals surface area contributed by atoms with Gasteiger partial charge in [0.15, 0.2) is 0 Å². The van der Waals surface area contributed by atoms with Gasteiger partial charge in [-0.1, -0.05) is 30.7 Å². The van der Waals surface area contributed by atoms with Crippen LogP contribution in [0.5, 0.6) is 0 Å². The number of benzene rings is 1. The summed E-state index contributed by atoms with van der Waals surface area (Å²) in [6.07, 6.45) is 1.13. The Labute approximate surface area is 130 Å². The Hall–Kier alpha value is -1.10. The minimum absolute atomic E-state index is 0.122. The number of halogens is 1. The van der Waals surface area contributed by atoms with E-state index in [0.717, 1.165) is 18.4 Å². The van der Waals surface area contributed by atoms with E-state index in [2.05, 4.69) is 0 Å². The lowest BCUT2D eigenvalue weighted by molar-refractivity contribution is -0.136. The summed E-state index contributed by atoms with van der Waals surface area (Å²) in [5, 5.41) is 11.1. The molecule has 116 valence electrons. The molecular weight excluding hydrogens is 288 g/mol. The van der Waals surface area contributed by atoms with Crippen LogP contribution in [0.15, 0.2) is 24.3 Å². The van der Waals surface area contributed by atoms with Crippen molar-refractivity contribution in [3.05, 3.63) is 34.9 Å². The lowest BCUT2D eigenvalue weighted by Gasteiger charge is -2.35. The third-order valence-corrected chi connectivity index (χ3v) is 4.54. The SMILES string of the molecule is CC(CN)C(=O)N1CCC(C(O)c2ccc(Cl)cc2)CC1. The van der Waals surface area contributed by atoms with E-state index in [1.165, 1.54) is 0 Å². The highest BCUT2D eigenvalue weighted by Gasteiger charge is 2.29. The van der Waals surface area contributed by atoms with E-state index in [0.29, 0.717) is 24.7 Å². The van der Waals surface area contributed by atoms with E-state index in [1.807, 2.05) is 24.0 Å². The summed E-state index contributed by atoms with van der Waals surface area (Å²) in [4.78, 5) is 13.9. The van der Waals surface area contributed by atoms with Gasteiger partial charge in [-0.05, 0) is 36.5 Å². The minimum atomic E-state index is -0.494. The summed E-state index contributed by atoms with van der Waals surface area (Å²) in [5.41, 5.74) is 6.43. The molecule has 1 aliphatic rings. The second kappa shape index (κ2) is 7.25. The third-order valence-electron chi connectivity index (χ3n) is 4.28. The molecule has 1 fully saturated rings. The molecule has 4 nitrogen and oxygen atoms in total. The molecule has 2 unspecified atom stereocenters. The number of hydrogen-bond donors (Lipinski definition) is 2. The van der Waals surface area contributed by atoms with Crippen LogP contribution in [0.4, 0.5) is 0 Å². The molecule has 2 rings (SSSR count). The molecule has 3 N–H and O–H groups in total. The first-order valence-electron chi connectivity index (χ1n) is 7.45. The van der Waals surface area contributed by atoms with Crippen LogP contribution in [0.25, 0.3) is 0 Å². The zero-order valence-electron chi connectivity index (χ0n) is 12.3. The number of carbonyl (C=O) groups is 1. The Morgan fingerprint density at radius 3 is 2.48 bits per heavy atom. The van der Waals surface area contributed by atoms with E-state index >= 15 is 0 Å². The fourth-order valence-electron chi connectivity index (χ4n) is 2.78. The van der Waals surface area contributed by atoms with Gasteiger partial charge in [-0.25, -0.2) is 0 Å². The number of hydrogen-bond acceptors (Lipinski definition) is 3. The van der Waals surface area contributed by atoms with E-state index in [9.17, 15) is 9.90 Å². The number of likely N-dealkylation sites (tertiary alicyclic amines) is 1. The molecule has 0 bridgehead atoms. The lowest BCUT2D eigenvalue weighted by atomic mass is 9.87. The molecule has 2 atom stereocenters. The summed E-state index contributed by atoms with van der Waals surface area (Å²) >= 11 is 5.86. The van der Waals surface area contributed by atoms with Crippen molar-refractivity contribution < 1.29 is 9.90 Å². The average Bonchev–Trinajstić information content (AvgIpc) is 2.53. The summed E-state index contributed by atoms with van der Waals surface area (Å²) in [6, 6.07) is 7.31. The van der Waals surface area contributed by atoms with E-state index in [4.69, 9.17) is 17.3 Å². The molecule has 5 heteroatoms. The minimum Gasteiger partial charge on any atom is -0.388 e. The van der Waals surface area contributed by atoms with E-state index in [-0.39, 0.29) is 17.7 Å². The van der Waals surface area contributed by atoms with E-state index < -0.39 is 6.10 Å². The second-order valence-corrected chi connectivity index (χ2v) is 6.23. The Morgan fingerprint density at radius 2 is 1.95 bits per heavy atom. The largest absolute Gasteiger partial charge is 0.388 e. The molecule has 0 radical (unpaired) electrons. The predicted octanol–water partition coefficient (Wildman–Crippen LogP) is 2.21. The number of nitrogens with zero attached hydrogens (tertiary/aromatic N) is 1. The van der Waals surface area contributed by atoms with Crippen molar-refractivity contribution in [3.8, 4) is 0 Å². The Bertz CT molecular complexity index is 470. The highest BCUT2D eigenvalue weighted by Crippen LogP contribution is 2.31. The maximum absolute atomic E-state index is 12.1. The highest BCUT2D eigenvalue weighted by molar-refractivity contribution is 6.30. The average molecular weight is 311 g/mol. The van der Waals surface area contributed by atoms with Gasteiger partial charge in [0.2, 0.25) is 5.91 Å². The number of aliphatic hydroxyl groups excluding tert-OH is 1. The van der Waals surface area contributed by atoms with E-state index in [1.54, 1.807) is 12.1 Å². The van der Waals surface area contributed by atoms with Crippen LogP contribution in [-0.2, 0) is 4.79 Å². The van der Waals surface area contributed by atoms with Crippen LogP contribution in [0.3, 0.4) is 0 Å². The topological polar surface area (TPSA) is 66.6 Å². The van der Waals surface area contributed by atoms with Crippen molar-refractivity contribution in [2.24, 2.45) is 17.6 Å². The van der Waals surface area contributed by atoms with Crippen molar-refractivity contribution in [3.63, 3.8) is 0 Å². The Balaban J connectivity index is 1.91. The number of rotatable bonds is 4. The van der Waals surface area contributed by atoms with Crippen LogP contribution in [0, 0.1) is 11.8 Å². The molecule has 0 spiro atoms. The van der Waals surface area contributed by atoms with Crippen molar-refractivity contribution in [1.82, 2.24) is 4.90 Å². The summed E-state index contributed by atoms with van der Waals surface area (Å²) in [5.74, 6) is 0.183. The van der Waals surface area contributed by atoms with Gasteiger partial charge in [0.1, 0.15) is 0 Å². The molecule has 1 saturated heterocycles. The number of piperidine rings is 1. The van der Waals surface area contributed by atoms with Gasteiger partial charge in [0.05, 0.1) is 6.10 Å². The normalized spacial score (nSPS) is 19.3. The fourth-order valence-corrected chi connectivity index (χ4v) is 2.91. The Kier molecular flexibility index (Phi) is 5.62. The molecule has 0 aromatic heterocycles. The number of nitrogens with two attached hydrogens (primary N) is 1. The molecule has 1 amide bonds. The first-order chi connectivity index (χ1) is 10.0. The van der Waals surface area contributed by atoms with Gasteiger partial charge in [-0.15, -0.1) is 0 Å². The summed E-state index contributed by atoms with van der Waals surface area (Å²) in [6.45, 7) is 3.63. The van der Waals surface area contributed by atoms with Crippen LogP contribution in [0.2, 0.25) is 5.02 Å². The Morgan fingerprint density at radius 1 is 1.38 bits per heavy atom. The fraction of sp³-hybridized carbons (Fsp3) is 0.562. The molecule has 1 aliphatic heterocycles. The van der Waals surface area contributed by atoms with Crippen molar-refractivity contribution in [2.75, 3.05) is 19.6 Å². The summed E-state index contributed by atoms with van der Waals surface area (Å²) in [7, 11) is 0. The third kappa shape index (κ3) is 3.96. The molecule has 1 aromatic carbocycles. The molecular formula is C16H23ClN2O2. The molecule has 0 aliphatic carbocycles. The molecule has 1 aromatic rings. The van der Waals surface area contributed by atoms with Gasteiger partial charge in [-0.2, -0.15) is 0 Å². The molecule has 1 heterocycles. The first-order valence-corrected chi connectivity index (χ1v) is 7.83. The van der Waals surface area contributed by atoms with Crippen LogP contribution < -0.4 is 5.73 Å². The molecule has 21 heavy (non-hydrogen) atoms. The number of amides is 1. The van der Waals surface area contributed by atoms with Crippen LogP contribution >= 0.6 is 11.6 Å². The lowest BCUT2D eigenvalue weighted by Crippen LogP contribution is -2.43. The number of carbonyl (C=O) groups excluding carboxylic acids is 1. The van der Waals surface area contributed by atoms with Crippen LogP contribution in [0.1, 0.15) is 31.4 Å². The van der Waals surface area contributed by atoms with Gasteiger partial charge >= 0.3 is 0 Å². The van der Waals surface area contributed by atoms with Crippen molar-refractivity contribution in [1.29, 1.82) is 0 Å². The summed E-state index contributed by atoms with van der Waals surface area (Å²) < 4.78 is 0. The van der Waals surface area contributed by atoms with Gasteiger partial charge in [-0.3, -0.25) is 4.79 Å².